The first kappa shape index (κ1) is 9.16. The largest absolute Gasteiger partial charge is 0.247 e. The van der Waals surface area contributed by atoms with Crippen molar-refractivity contribution < 1.29 is 4.39 Å². The molecule has 0 saturated heterocycles. The lowest BCUT2D eigenvalue weighted by molar-refractivity contribution is 0.275. The molecular formula is C8H14FN3. The summed E-state index contributed by atoms with van der Waals surface area (Å²) in [5, 5.41) is 4.06. The van der Waals surface area contributed by atoms with E-state index in [1.165, 1.54) is 0 Å². The van der Waals surface area contributed by atoms with Gasteiger partial charge in [0.25, 0.3) is 0 Å². The first-order valence-corrected chi connectivity index (χ1v) is 4.15. The lowest BCUT2D eigenvalue weighted by Crippen LogP contribution is -2.13. The van der Waals surface area contributed by atoms with Crippen LogP contribution in [-0.4, -0.2) is 20.9 Å². The Morgan fingerprint density at radius 1 is 1.50 bits per heavy atom. The third-order valence-corrected chi connectivity index (χ3v) is 1.78. The highest BCUT2D eigenvalue weighted by molar-refractivity contribution is 4.87. The molecule has 0 N–H and O–H groups in total. The molecule has 0 bridgehead atoms. The molecule has 0 aliphatic carbocycles. The van der Waals surface area contributed by atoms with E-state index in [1.54, 1.807) is 4.68 Å². The zero-order valence-electron chi connectivity index (χ0n) is 7.71. The van der Waals surface area contributed by atoms with Crippen LogP contribution in [0, 0.1) is 13.8 Å². The minimum atomic E-state index is -0.815. The molecule has 3 nitrogen and oxygen atoms in total. The van der Waals surface area contributed by atoms with Crippen LogP contribution in [0.2, 0.25) is 0 Å². The van der Waals surface area contributed by atoms with Gasteiger partial charge in [0.15, 0.2) is 0 Å². The molecule has 0 aliphatic heterocycles. The summed E-state index contributed by atoms with van der Waals surface area (Å²) in [5.74, 6) is 1.49. The molecule has 0 saturated carbocycles. The predicted molar refractivity (Wildman–Crippen MR) is 44.7 cm³/mol. The summed E-state index contributed by atoms with van der Waals surface area (Å²) in [6.45, 7) is 5.79. The van der Waals surface area contributed by atoms with Crippen LogP contribution in [0.4, 0.5) is 4.39 Å². The maximum absolute atomic E-state index is 12.9. The van der Waals surface area contributed by atoms with E-state index in [0.717, 1.165) is 5.82 Å². The summed E-state index contributed by atoms with van der Waals surface area (Å²) in [6.07, 6.45) is -0.289. The highest BCUT2D eigenvalue weighted by Gasteiger charge is 2.08. The third-order valence-electron chi connectivity index (χ3n) is 1.78. The Labute approximate surface area is 71.6 Å². The van der Waals surface area contributed by atoms with Gasteiger partial charge in [-0.05, 0) is 20.3 Å². The maximum atomic E-state index is 12.9. The van der Waals surface area contributed by atoms with Gasteiger partial charge in [-0.2, -0.15) is 5.10 Å². The smallest absolute Gasteiger partial charge is 0.147 e. The molecule has 12 heavy (non-hydrogen) atoms. The first-order valence-electron chi connectivity index (χ1n) is 4.15. The summed E-state index contributed by atoms with van der Waals surface area (Å²) < 4.78 is 14.5. The van der Waals surface area contributed by atoms with Crippen LogP contribution in [0.1, 0.15) is 25.0 Å². The second-order valence-electron chi connectivity index (χ2n) is 2.89. The summed E-state index contributed by atoms with van der Waals surface area (Å²) in [7, 11) is 0. The fourth-order valence-electron chi connectivity index (χ4n) is 1.05. The fourth-order valence-corrected chi connectivity index (χ4v) is 1.05. The van der Waals surface area contributed by atoms with Gasteiger partial charge in [0.2, 0.25) is 0 Å². The van der Waals surface area contributed by atoms with E-state index in [1.807, 2.05) is 20.8 Å². The van der Waals surface area contributed by atoms with E-state index in [2.05, 4.69) is 10.1 Å². The Morgan fingerprint density at radius 2 is 2.17 bits per heavy atom. The number of hydrogen-bond acceptors (Lipinski definition) is 2. The monoisotopic (exact) mass is 171 g/mol. The highest BCUT2D eigenvalue weighted by Crippen LogP contribution is 2.03. The summed E-state index contributed by atoms with van der Waals surface area (Å²) in [4.78, 5) is 4.08. The lowest BCUT2D eigenvalue weighted by atomic mass is 10.3. The van der Waals surface area contributed by atoms with Crippen molar-refractivity contribution in [3.8, 4) is 0 Å². The molecule has 0 fully saturated rings. The van der Waals surface area contributed by atoms with E-state index < -0.39 is 6.17 Å². The molecule has 0 spiro atoms. The molecule has 4 heteroatoms. The Hall–Kier alpha value is -0.930. The van der Waals surface area contributed by atoms with Gasteiger partial charge in [0, 0.05) is 0 Å². The molecule has 0 amide bonds. The molecule has 1 atom stereocenters. The van der Waals surface area contributed by atoms with E-state index >= 15 is 0 Å². The molecular weight excluding hydrogens is 157 g/mol. The van der Waals surface area contributed by atoms with E-state index in [4.69, 9.17) is 0 Å². The summed E-state index contributed by atoms with van der Waals surface area (Å²) in [6, 6.07) is 0. The van der Waals surface area contributed by atoms with Crippen LogP contribution in [0.5, 0.6) is 0 Å². The van der Waals surface area contributed by atoms with Crippen molar-refractivity contribution in [3.63, 3.8) is 0 Å². The number of halogens is 1. The van der Waals surface area contributed by atoms with E-state index in [0.29, 0.717) is 18.8 Å². The minimum absolute atomic E-state index is 0.323. The van der Waals surface area contributed by atoms with Gasteiger partial charge in [-0.1, -0.05) is 6.92 Å². The van der Waals surface area contributed by atoms with Crippen molar-refractivity contribution in [2.24, 2.45) is 0 Å². The number of rotatable bonds is 3. The summed E-state index contributed by atoms with van der Waals surface area (Å²) >= 11 is 0. The Kier molecular flexibility index (Phi) is 2.78. The molecule has 1 unspecified atom stereocenters. The van der Waals surface area contributed by atoms with Crippen molar-refractivity contribution in [2.45, 2.75) is 39.9 Å². The van der Waals surface area contributed by atoms with Crippen LogP contribution in [0.25, 0.3) is 0 Å². The molecule has 68 valence electrons. The van der Waals surface area contributed by atoms with Crippen molar-refractivity contribution in [1.29, 1.82) is 0 Å². The van der Waals surface area contributed by atoms with Gasteiger partial charge in [-0.25, -0.2) is 14.1 Å². The van der Waals surface area contributed by atoms with Crippen LogP contribution in [0.3, 0.4) is 0 Å². The lowest BCUT2D eigenvalue weighted by Gasteiger charge is -2.05. The van der Waals surface area contributed by atoms with Crippen LogP contribution in [0.15, 0.2) is 0 Å². The third kappa shape index (κ3) is 2.03. The molecule has 0 aliphatic rings. The standard InChI is InChI=1S/C8H14FN3/c1-4-8(9)5-12-7(3)10-6(2)11-12/h8H,4-5H2,1-3H3. The number of hydrogen-bond donors (Lipinski definition) is 0. The number of aromatic nitrogens is 3. The van der Waals surface area contributed by atoms with Crippen molar-refractivity contribution >= 4 is 0 Å². The van der Waals surface area contributed by atoms with E-state index in [9.17, 15) is 4.39 Å². The average molecular weight is 171 g/mol. The highest BCUT2D eigenvalue weighted by atomic mass is 19.1. The second kappa shape index (κ2) is 3.65. The average Bonchev–Trinajstić information content (AvgIpc) is 2.30. The van der Waals surface area contributed by atoms with Crippen LogP contribution < -0.4 is 0 Å². The fraction of sp³-hybridized carbons (Fsp3) is 0.750. The van der Waals surface area contributed by atoms with Crippen molar-refractivity contribution in [1.82, 2.24) is 14.8 Å². The normalized spacial score (nSPS) is 13.3. The quantitative estimate of drug-likeness (QED) is 0.692. The number of aryl methyl sites for hydroxylation is 2. The second-order valence-corrected chi connectivity index (χ2v) is 2.89. The molecule has 0 aromatic carbocycles. The van der Waals surface area contributed by atoms with E-state index in [-0.39, 0.29) is 0 Å². The molecule has 1 aromatic heterocycles. The molecule has 1 rings (SSSR count). The number of alkyl halides is 1. The Balaban J connectivity index is 2.68. The van der Waals surface area contributed by atoms with Crippen molar-refractivity contribution in [2.75, 3.05) is 0 Å². The molecule has 1 aromatic rings. The van der Waals surface area contributed by atoms with Gasteiger partial charge in [-0.3, -0.25) is 0 Å². The number of nitrogens with zero attached hydrogens (tertiary/aromatic N) is 3. The molecule has 1 heterocycles. The Bertz CT molecular complexity index is 257. The SMILES string of the molecule is CCC(F)Cn1nc(C)nc1C. The van der Waals surface area contributed by atoms with Crippen LogP contribution >= 0.6 is 0 Å². The summed E-state index contributed by atoms with van der Waals surface area (Å²) in [5.41, 5.74) is 0. The molecule has 0 radical (unpaired) electrons. The van der Waals surface area contributed by atoms with Crippen LogP contribution in [-0.2, 0) is 6.54 Å². The zero-order valence-corrected chi connectivity index (χ0v) is 7.71. The van der Waals surface area contributed by atoms with Crippen molar-refractivity contribution in [3.05, 3.63) is 11.6 Å². The maximum Gasteiger partial charge on any atom is 0.147 e. The van der Waals surface area contributed by atoms with Gasteiger partial charge in [0.05, 0.1) is 6.54 Å². The van der Waals surface area contributed by atoms with Gasteiger partial charge in [-0.15, -0.1) is 0 Å². The van der Waals surface area contributed by atoms with Gasteiger partial charge in [0.1, 0.15) is 17.8 Å². The predicted octanol–water partition coefficient (Wildman–Crippen LogP) is 1.64. The zero-order chi connectivity index (χ0) is 9.14. The minimum Gasteiger partial charge on any atom is -0.247 e. The van der Waals surface area contributed by atoms with Gasteiger partial charge >= 0.3 is 0 Å². The topological polar surface area (TPSA) is 30.7 Å². The first-order chi connectivity index (χ1) is 5.63. The van der Waals surface area contributed by atoms with Gasteiger partial charge < -0.3 is 0 Å². The Morgan fingerprint density at radius 3 is 2.58 bits per heavy atom.